The second kappa shape index (κ2) is 7.90. The Bertz CT molecular complexity index is 979. The van der Waals surface area contributed by atoms with Gasteiger partial charge in [0.15, 0.2) is 0 Å². The quantitative estimate of drug-likeness (QED) is 0.783. The number of thiazole rings is 1. The number of benzene rings is 1. The Morgan fingerprint density at radius 1 is 1.14 bits per heavy atom. The first-order chi connectivity index (χ1) is 13.5. The molecule has 0 spiro atoms. The molecule has 0 atom stereocenters. The zero-order chi connectivity index (χ0) is 19.7. The summed E-state index contributed by atoms with van der Waals surface area (Å²) in [5.41, 5.74) is 8.69. The van der Waals surface area contributed by atoms with E-state index in [2.05, 4.69) is 4.98 Å². The first-order valence-electron chi connectivity index (χ1n) is 9.50. The van der Waals surface area contributed by atoms with Crippen LogP contribution in [-0.4, -0.2) is 54.7 Å². The standard InChI is InChI=1S/C19H24N4O3S2/c20-12-18-21-16(13-27-18)11-19(24)22-6-8-23(9-7-22)28(25,26)17-5-4-14-2-1-3-15(14)10-17/h4-5,10,13H,1-3,6-9,11-12,20H2. The number of sulfonamides is 1. The van der Waals surface area contributed by atoms with Crippen LogP contribution in [0.2, 0.25) is 0 Å². The topological polar surface area (TPSA) is 96.6 Å². The largest absolute Gasteiger partial charge is 0.340 e. The van der Waals surface area contributed by atoms with Gasteiger partial charge in [-0.3, -0.25) is 4.79 Å². The number of amides is 1. The highest BCUT2D eigenvalue weighted by atomic mass is 32.2. The fourth-order valence-electron chi connectivity index (χ4n) is 3.83. The zero-order valence-electron chi connectivity index (χ0n) is 15.6. The molecule has 9 heteroatoms. The van der Waals surface area contributed by atoms with Crippen molar-refractivity contribution in [3.63, 3.8) is 0 Å². The third-order valence-corrected chi connectivity index (χ3v) is 8.22. The molecule has 1 aromatic carbocycles. The lowest BCUT2D eigenvalue weighted by molar-refractivity contribution is -0.131. The molecular formula is C19H24N4O3S2. The average Bonchev–Trinajstić information content (AvgIpc) is 3.36. The van der Waals surface area contributed by atoms with Gasteiger partial charge < -0.3 is 10.6 Å². The second-order valence-corrected chi connectivity index (χ2v) is 10.1. The van der Waals surface area contributed by atoms with Crippen LogP contribution in [0.25, 0.3) is 0 Å². The molecule has 1 amide bonds. The van der Waals surface area contributed by atoms with Crippen LogP contribution in [0.15, 0.2) is 28.5 Å². The van der Waals surface area contributed by atoms with Gasteiger partial charge >= 0.3 is 0 Å². The number of fused-ring (bicyclic) bond motifs is 1. The number of aryl methyl sites for hydroxylation is 2. The summed E-state index contributed by atoms with van der Waals surface area (Å²) in [6.45, 7) is 1.80. The van der Waals surface area contributed by atoms with Gasteiger partial charge in [-0.25, -0.2) is 13.4 Å². The molecule has 1 aromatic heterocycles. The van der Waals surface area contributed by atoms with Gasteiger partial charge in [-0.2, -0.15) is 4.31 Å². The number of carbonyl (C=O) groups excluding carboxylic acids is 1. The van der Waals surface area contributed by atoms with Crippen LogP contribution in [0.3, 0.4) is 0 Å². The van der Waals surface area contributed by atoms with Crippen LogP contribution in [0.1, 0.15) is 28.2 Å². The number of rotatable bonds is 5. The summed E-state index contributed by atoms with van der Waals surface area (Å²) < 4.78 is 27.5. The van der Waals surface area contributed by atoms with Gasteiger partial charge in [0.05, 0.1) is 17.0 Å². The van der Waals surface area contributed by atoms with Crippen LogP contribution in [0, 0.1) is 0 Å². The van der Waals surface area contributed by atoms with E-state index < -0.39 is 10.0 Å². The maximum absolute atomic E-state index is 13.0. The number of nitrogens with zero attached hydrogens (tertiary/aromatic N) is 3. The Hall–Kier alpha value is -1.81. The SMILES string of the molecule is NCc1nc(CC(=O)N2CCN(S(=O)(=O)c3ccc4c(c3)CCC4)CC2)cs1. The van der Waals surface area contributed by atoms with Crippen LogP contribution in [0.4, 0.5) is 0 Å². The average molecular weight is 421 g/mol. The Morgan fingerprint density at radius 2 is 1.89 bits per heavy atom. The number of hydrogen-bond donors (Lipinski definition) is 1. The highest BCUT2D eigenvalue weighted by Crippen LogP contribution is 2.26. The summed E-state index contributed by atoms with van der Waals surface area (Å²) in [6, 6.07) is 5.49. The molecule has 2 heterocycles. The highest BCUT2D eigenvalue weighted by molar-refractivity contribution is 7.89. The van der Waals surface area contributed by atoms with Crippen molar-refractivity contribution in [2.75, 3.05) is 26.2 Å². The fourth-order valence-corrected chi connectivity index (χ4v) is 5.97. The fraction of sp³-hybridized carbons (Fsp3) is 0.474. The summed E-state index contributed by atoms with van der Waals surface area (Å²) in [5, 5.41) is 2.67. The van der Waals surface area contributed by atoms with Crippen molar-refractivity contribution >= 4 is 27.3 Å². The highest BCUT2D eigenvalue weighted by Gasteiger charge is 2.31. The van der Waals surface area contributed by atoms with Gasteiger partial charge in [0.1, 0.15) is 5.01 Å². The molecule has 2 N–H and O–H groups in total. The normalized spacial score (nSPS) is 17.7. The summed E-state index contributed by atoms with van der Waals surface area (Å²) >= 11 is 1.45. The molecule has 1 saturated heterocycles. The van der Waals surface area contributed by atoms with Gasteiger partial charge in [-0.1, -0.05) is 6.07 Å². The summed E-state index contributed by atoms with van der Waals surface area (Å²) in [7, 11) is -3.52. The molecule has 0 bridgehead atoms. The van der Waals surface area contributed by atoms with Gasteiger partial charge in [0, 0.05) is 38.1 Å². The molecule has 150 valence electrons. The van der Waals surface area contributed by atoms with E-state index in [1.807, 2.05) is 17.5 Å². The van der Waals surface area contributed by atoms with Crippen molar-refractivity contribution < 1.29 is 13.2 Å². The molecule has 1 aliphatic carbocycles. The van der Waals surface area contributed by atoms with Crippen molar-refractivity contribution in [2.45, 2.75) is 37.1 Å². The van der Waals surface area contributed by atoms with Crippen LogP contribution >= 0.6 is 11.3 Å². The lowest BCUT2D eigenvalue weighted by Gasteiger charge is -2.34. The number of carbonyl (C=O) groups is 1. The van der Waals surface area contributed by atoms with E-state index >= 15 is 0 Å². The van der Waals surface area contributed by atoms with Crippen LogP contribution in [-0.2, 0) is 40.6 Å². The molecule has 0 radical (unpaired) electrons. The van der Waals surface area contributed by atoms with E-state index in [0.29, 0.717) is 37.6 Å². The minimum Gasteiger partial charge on any atom is -0.340 e. The number of aromatic nitrogens is 1. The first kappa shape index (κ1) is 19.5. The summed E-state index contributed by atoms with van der Waals surface area (Å²) in [6.07, 6.45) is 3.30. The van der Waals surface area contributed by atoms with Crippen molar-refractivity contribution in [1.82, 2.24) is 14.2 Å². The Kier molecular flexibility index (Phi) is 5.50. The van der Waals surface area contributed by atoms with E-state index in [1.165, 1.54) is 21.2 Å². The Balaban J connectivity index is 1.38. The van der Waals surface area contributed by atoms with Crippen molar-refractivity contribution in [1.29, 1.82) is 0 Å². The summed E-state index contributed by atoms with van der Waals surface area (Å²) in [5.74, 6) is -0.0246. The third kappa shape index (κ3) is 3.84. The lowest BCUT2D eigenvalue weighted by atomic mass is 10.1. The smallest absolute Gasteiger partial charge is 0.243 e. The second-order valence-electron chi connectivity index (χ2n) is 7.18. The molecule has 4 rings (SSSR count). The zero-order valence-corrected chi connectivity index (χ0v) is 17.3. The lowest BCUT2D eigenvalue weighted by Crippen LogP contribution is -2.50. The van der Waals surface area contributed by atoms with E-state index in [1.54, 1.807) is 11.0 Å². The van der Waals surface area contributed by atoms with Crippen LogP contribution < -0.4 is 5.73 Å². The number of piperazine rings is 1. The predicted octanol–water partition coefficient (Wildman–Crippen LogP) is 1.17. The Morgan fingerprint density at radius 3 is 2.61 bits per heavy atom. The molecule has 7 nitrogen and oxygen atoms in total. The van der Waals surface area contributed by atoms with E-state index in [-0.39, 0.29) is 12.3 Å². The molecule has 0 saturated carbocycles. The molecular weight excluding hydrogens is 396 g/mol. The van der Waals surface area contributed by atoms with E-state index in [9.17, 15) is 13.2 Å². The van der Waals surface area contributed by atoms with Gasteiger partial charge in [-0.15, -0.1) is 11.3 Å². The molecule has 2 aromatic rings. The Labute approximate surface area is 169 Å². The first-order valence-corrected chi connectivity index (χ1v) is 11.8. The minimum absolute atomic E-state index is 0.0246. The van der Waals surface area contributed by atoms with Crippen LogP contribution in [0.5, 0.6) is 0 Å². The van der Waals surface area contributed by atoms with Crippen molar-refractivity contribution in [3.8, 4) is 0 Å². The van der Waals surface area contributed by atoms with Gasteiger partial charge in [0.25, 0.3) is 0 Å². The molecule has 2 aliphatic rings. The third-order valence-electron chi connectivity index (χ3n) is 5.41. The minimum atomic E-state index is -3.52. The number of hydrogen-bond acceptors (Lipinski definition) is 6. The van der Waals surface area contributed by atoms with Gasteiger partial charge in [0.2, 0.25) is 15.9 Å². The summed E-state index contributed by atoms with van der Waals surface area (Å²) in [4.78, 5) is 18.9. The monoisotopic (exact) mass is 420 g/mol. The van der Waals surface area contributed by atoms with Crippen molar-refractivity contribution in [2.24, 2.45) is 5.73 Å². The maximum atomic E-state index is 13.0. The predicted molar refractivity (Wildman–Crippen MR) is 108 cm³/mol. The number of nitrogens with two attached hydrogens (primary N) is 1. The maximum Gasteiger partial charge on any atom is 0.243 e. The molecule has 1 aliphatic heterocycles. The van der Waals surface area contributed by atoms with E-state index in [0.717, 1.165) is 35.5 Å². The van der Waals surface area contributed by atoms with E-state index in [4.69, 9.17) is 5.73 Å². The van der Waals surface area contributed by atoms with Gasteiger partial charge in [-0.05, 0) is 42.5 Å². The van der Waals surface area contributed by atoms with Crippen molar-refractivity contribution in [3.05, 3.63) is 45.4 Å². The molecule has 28 heavy (non-hydrogen) atoms. The molecule has 0 unspecified atom stereocenters. The molecule has 1 fully saturated rings.